The molecule has 6 rings (SSSR count). The molecule has 3 aromatic carbocycles. The highest BCUT2D eigenvalue weighted by Gasteiger charge is 2.53. The van der Waals surface area contributed by atoms with Crippen molar-refractivity contribution in [1.82, 2.24) is 14.5 Å². The molecule has 34 heavy (non-hydrogen) atoms. The summed E-state index contributed by atoms with van der Waals surface area (Å²) in [7, 11) is 0. The van der Waals surface area contributed by atoms with Gasteiger partial charge in [0.1, 0.15) is 11.4 Å². The minimum absolute atomic E-state index is 0.167. The van der Waals surface area contributed by atoms with Crippen molar-refractivity contribution in [2.75, 3.05) is 6.54 Å². The summed E-state index contributed by atoms with van der Waals surface area (Å²) in [5.41, 5.74) is 3.74. The summed E-state index contributed by atoms with van der Waals surface area (Å²) in [5, 5.41) is 0. The van der Waals surface area contributed by atoms with E-state index in [0.717, 1.165) is 6.54 Å². The Bertz CT molecular complexity index is 1290. The summed E-state index contributed by atoms with van der Waals surface area (Å²) < 4.78 is 1.84. The second kappa shape index (κ2) is 8.04. The quantitative estimate of drug-likeness (QED) is 0.324. The number of hydrogen-bond donors (Lipinski definition) is 0. The number of carbonyl (C=O) groups excluding carboxylic acids is 2. The molecule has 0 bridgehead atoms. The number of fused-ring (bicyclic) bond motifs is 1. The third-order valence-electron chi connectivity index (χ3n) is 6.82. The molecule has 1 aromatic heterocycles. The molecule has 1 aliphatic carbocycles. The molecule has 0 amide bonds. The third-order valence-corrected chi connectivity index (χ3v) is 6.82. The molecule has 2 atom stereocenters. The van der Waals surface area contributed by atoms with Gasteiger partial charge in [0.25, 0.3) is 0 Å². The van der Waals surface area contributed by atoms with E-state index in [1.807, 2.05) is 22.8 Å². The van der Waals surface area contributed by atoms with Crippen molar-refractivity contribution in [3.05, 3.63) is 138 Å². The Labute approximate surface area is 198 Å². The molecular formula is C29H23N3O2. The number of allylic oxidation sites excluding steroid dienone is 2. The highest BCUT2D eigenvalue weighted by molar-refractivity contribution is 6.20. The molecule has 5 nitrogen and oxygen atoms in total. The van der Waals surface area contributed by atoms with Gasteiger partial charge >= 0.3 is 0 Å². The average Bonchev–Trinajstić information content (AvgIpc) is 3.51. The van der Waals surface area contributed by atoms with Crippen LogP contribution in [0.2, 0.25) is 0 Å². The molecule has 0 spiro atoms. The fraction of sp³-hybridized carbons (Fsp3) is 0.138. The molecule has 0 radical (unpaired) electrons. The standard InChI is InChI=1S/C29H23N3O2/c33-25-16-17-26(34)28-27(25)30-20-31(28)18-24-19-32(24)29(21-10-4-1-5-11-21,22-12-6-2-7-13-22)23-14-8-3-9-15-23/h1-17,20,24H,18-19H2/t24-,32?/m1/s1. The average molecular weight is 446 g/mol. The number of rotatable bonds is 6. The highest BCUT2D eigenvalue weighted by atomic mass is 16.1. The van der Waals surface area contributed by atoms with Crippen molar-refractivity contribution in [3.8, 4) is 0 Å². The number of aromatic nitrogens is 2. The minimum Gasteiger partial charge on any atom is -0.326 e. The van der Waals surface area contributed by atoms with Gasteiger partial charge in [0.15, 0.2) is 0 Å². The van der Waals surface area contributed by atoms with Crippen LogP contribution in [0, 0.1) is 0 Å². The summed E-state index contributed by atoms with van der Waals surface area (Å²) >= 11 is 0. The SMILES string of the molecule is O=C1C=CC(=O)c2c1ncn2C[C@@H]1CN1C(c1ccccc1)(c1ccccc1)c1ccccc1. The predicted octanol–water partition coefficient (Wildman–Crippen LogP) is 4.49. The van der Waals surface area contributed by atoms with E-state index in [-0.39, 0.29) is 23.3 Å². The molecule has 4 aromatic rings. The summed E-state index contributed by atoms with van der Waals surface area (Å²) in [6, 6.07) is 31.9. The van der Waals surface area contributed by atoms with Crippen LogP contribution < -0.4 is 0 Å². The fourth-order valence-electron chi connectivity index (χ4n) is 5.28. The third kappa shape index (κ3) is 3.17. The van der Waals surface area contributed by atoms with Crippen LogP contribution in [-0.4, -0.2) is 38.6 Å². The van der Waals surface area contributed by atoms with Crippen LogP contribution in [0.5, 0.6) is 0 Å². The number of hydrogen-bond acceptors (Lipinski definition) is 4. The summed E-state index contributed by atoms with van der Waals surface area (Å²) in [5.74, 6) is -0.382. The zero-order valence-corrected chi connectivity index (χ0v) is 18.5. The Kier molecular flexibility index (Phi) is 4.85. The number of benzene rings is 3. The first-order chi connectivity index (χ1) is 16.7. The van der Waals surface area contributed by atoms with E-state index in [1.165, 1.54) is 28.8 Å². The smallest absolute Gasteiger partial charge is 0.206 e. The number of ketones is 2. The summed E-state index contributed by atoms with van der Waals surface area (Å²) in [6.45, 7) is 1.44. The topological polar surface area (TPSA) is 55.0 Å². The van der Waals surface area contributed by atoms with E-state index in [2.05, 4.69) is 82.7 Å². The number of imidazole rings is 1. The van der Waals surface area contributed by atoms with Crippen molar-refractivity contribution in [3.63, 3.8) is 0 Å². The van der Waals surface area contributed by atoms with Crippen LogP contribution in [-0.2, 0) is 12.1 Å². The molecule has 1 unspecified atom stereocenters. The van der Waals surface area contributed by atoms with Gasteiger partial charge in [-0.1, -0.05) is 91.0 Å². The fourth-order valence-corrected chi connectivity index (χ4v) is 5.28. The van der Waals surface area contributed by atoms with Gasteiger partial charge < -0.3 is 4.57 Å². The normalized spacial score (nSPS) is 19.2. The molecule has 2 aliphatic rings. The van der Waals surface area contributed by atoms with Crippen molar-refractivity contribution in [2.24, 2.45) is 0 Å². The van der Waals surface area contributed by atoms with E-state index >= 15 is 0 Å². The van der Waals surface area contributed by atoms with Gasteiger partial charge in [-0.3, -0.25) is 14.5 Å². The maximum Gasteiger partial charge on any atom is 0.206 e. The van der Waals surface area contributed by atoms with E-state index in [9.17, 15) is 9.59 Å². The maximum atomic E-state index is 12.5. The second-order valence-electron chi connectivity index (χ2n) is 8.77. The predicted molar refractivity (Wildman–Crippen MR) is 130 cm³/mol. The molecular weight excluding hydrogens is 422 g/mol. The lowest BCUT2D eigenvalue weighted by atomic mass is 9.76. The van der Waals surface area contributed by atoms with Crippen LogP contribution in [0.25, 0.3) is 0 Å². The van der Waals surface area contributed by atoms with Crippen LogP contribution >= 0.6 is 0 Å². The molecule has 0 saturated carbocycles. The Balaban J connectivity index is 1.45. The first-order valence-corrected chi connectivity index (χ1v) is 11.4. The number of nitrogens with zero attached hydrogens (tertiary/aromatic N) is 3. The Morgan fingerprint density at radius 1 is 0.735 bits per heavy atom. The van der Waals surface area contributed by atoms with Crippen molar-refractivity contribution >= 4 is 11.6 Å². The lowest BCUT2D eigenvalue weighted by Crippen LogP contribution is -2.39. The van der Waals surface area contributed by atoms with Gasteiger partial charge in [0.05, 0.1) is 11.9 Å². The molecule has 5 heteroatoms. The lowest BCUT2D eigenvalue weighted by molar-refractivity contribution is 0.0985. The van der Waals surface area contributed by atoms with Gasteiger partial charge in [-0.2, -0.15) is 0 Å². The summed E-state index contributed by atoms with van der Waals surface area (Å²) in [4.78, 5) is 31.5. The van der Waals surface area contributed by atoms with Crippen LogP contribution in [0.3, 0.4) is 0 Å². The monoisotopic (exact) mass is 445 g/mol. The van der Waals surface area contributed by atoms with E-state index in [1.54, 1.807) is 6.33 Å². The van der Waals surface area contributed by atoms with E-state index in [4.69, 9.17) is 0 Å². The Morgan fingerprint density at radius 2 is 1.24 bits per heavy atom. The molecule has 0 N–H and O–H groups in total. The Hall–Kier alpha value is -4.09. The second-order valence-corrected chi connectivity index (χ2v) is 8.77. The Morgan fingerprint density at radius 3 is 1.76 bits per heavy atom. The first-order valence-electron chi connectivity index (χ1n) is 11.4. The van der Waals surface area contributed by atoms with Crippen LogP contribution in [0.1, 0.15) is 37.7 Å². The van der Waals surface area contributed by atoms with Crippen molar-refractivity contribution in [2.45, 2.75) is 18.1 Å². The van der Waals surface area contributed by atoms with Gasteiger partial charge in [0, 0.05) is 19.1 Å². The largest absolute Gasteiger partial charge is 0.326 e. The lowest BCUT2D eigenvalue weighted by Gasteiger charge is -2.38. The minimum atomic E-state index is -0.477. The van der Waals surface area contributed by atoms with E-state index < -0.39 is 5.54 Å². The van der Waals surface area contributed by atoms with Gasteiger partial charge in [-0.15, -0.1) is 0 Å². The highest BCUT2D eigenvalue weighted by Crippen LogP contribution is 2.48. The summed E-state index contributed by atoms with van der Waals surface area (Å²) in [6.07, 6.45) is 4.27. The zero-order chi connectivity index (χ0) is 23.1. The van der Waals surface area contributed by atoms with Crippen molar-refractivity contribution in [1.29, 1.82) is 0 Å². The van der Waals surface area contributed by atoms with Gasteiger partial charge in [-0.05, 0) is 28.8 Å². The molecule has 166 valence electrons. The molecule has 1 saturated heterocycles. The van der Waals surface area contributed by atoms with Crippen LogP contribution in [0.4, 0.5) is 0 Å². The molecule has 1 aliphatic heterocycles. The first kappa shape index (κ1) is 20.5. The maximum absolute atomic E-state index is 12.5. The molecule has 1 fully saturated rings. The van der Waals surface area contributed by atoms with Gasteiger partial charge in [-0.25, -0.2) is 4.98 Å². The number of carbonyl (C=O) groups is 2. The van der Waals surface area contributed by atoms with Crippen molar-refractivity contribution < 1.29 is 9.59 Å². The van der Waals surface area contributed by atoms with Gasteiger partial charge in [0.2, 0.25) is 11.6 Å². The van der Waals surface area contributed by atoms with Crippen LogP contribution in [0.15, 0.2) is 109 Å². The molecule has 2 heterocycles. The van der Waals surface area contributed by atoms with E-state index in [0.29, 0.717) is 12.2 Å². The zero-order valence-electron chi connectivity index (χ0n) is 18.5.